The molecule has 0 unspecified atom stereocenters. The van der Waals surface area contributed by atoms with E-state index < -0.39 is 5.60 Å². The van der Waals surface area contributed by atoms with Crippen molar-refractivity contribution in [1.29, 1.82) is 0 Å². The van der Waals surface area contributed by atoms with Crippen LogP contribution in [0.15, 0.2) is 43.0 Å². The van der Waals surface area contributed by atoms with E-state index in [1.54, 1.807) is 24.5 Å². The van der Waals surface area contributed by atoms with Gasteiger partial charge in [0.05, 0.1) is 0 Å². The topological polar surface area (TPSA) is 46.0 Å². The van der Waals surface area contributed by atoms with Crippen molar-refractivity contribution < 1.29 is 9.50 Å². The van der Waals surface area contributed by atoms with Crippen LogP contribution < -0.4 is 0 Å². The SMILES string of the molecule is O[C@@](c1ccc(F)cc1)(c1cncnc1)C1CC1. The highest BCUT2D eigenvalue weighted by Crippen LogP contribution is 2.49. The molecule has 0 aliphatic heterocycles. The molecule has 1 heterocycles. The molecule has 0 bridgehead atoms. The zero-order chi connectivity index (χ0) is 12.6. The van der Waals surface area contributed by atoms with Gasteiger partial charge < -0.3 is 5.11 Å². The van der Waals surface area contributed by atoms with Gasteiger partial charge in [-0.2, -0.15) is 0 Å². The number of hydrogen-bond acceptors (Lipinski definition) is 3. The van der Waals surface area contributed by atoms with E-state index in [0.717, 1.165) is 12.8 Å². The van der Waals surface area contributed by atoms with Crippen molar-refractivity contribution in [3.05, 3.63) is 59.9 Å². The number of aliphatic hydroxyl groups is 1. The lowest BCUT2D eigenvalue weighted by molar-refractivity contribution is 0.0556. The number of aromatic nitrogens is 2. The fraction of sp³-hybridized carbons (Fsp3) is 0.286. The van der Waals surface area contributed by atoms with Crippen LogP contribution in [-0.4, -0.2) is 15.1 Å². The maximum absolute atomic E-state index is 13.0. The molecule has 3 rings (SSSR count). The summed E-state index contributed by atoms with van der Waals surface area (Å²) in [5.41, 5.74) is 0.259. The van der Waals surface area contributed by atoms with Crippen molar-refractivity contribution >= 4 is 0 Å². The van der Waals surface area contributed by atoms with Gasteiger partial charge in [-0.25, -0.2) is 14.4 Å². The number of nitrogens with zero attached hydrogens (tertiary/aromatic N) is 2. The molecule has 4 heteroatoms. The molecule has 1 aromatic heterocycles. The average Bonchev–Trinajstić information content (AvgIpc) is 3.24. The van der Waals surface area contributed by atoms with Gasteiger partial charge in [0, 0.05) is 18.0 Å². The van der Waals surface area contributed by atoms with E-state index in [4.69, 9.17) is 0 Å². The van der Waals surface area contributed by atoms with Crippen molar-refractivity contribution in [2.75, 3.05) is 0 Å². The summed E-state index contributed by atoms with van der Waals surface area (Å²) in [5, 5.41) is 11.0. The Hall–Kier alpha value is -1.81. The molecule has 92 valence electrons. The fourth-order valence-corrected chi connectivity index (χ4v) is 2.34. The lowest BCUT2D eigenvalue weighted by Gasteiger charge is -2.28. The first-order valence-electron chi connectivity index (χ1n) is 5.95. The molecule has 18 heavy (non-hydrogen) atoms. The Balaban J connectivity index is 2.09. The third-order valence-electron chi connectivity index (χ3n) is 3.45. The van der Waals surface area contributed by atoms with Gasteiger partial charge in [-0.1, -0.05) is 12.1 Å². The predicted octanol–water partition coefficient (Wildman–Crippen LogP) is 2.26. The summed E-state index contributed by atoms with van der Waals surface area (Å²) in [7, 11) is 0. The average molecular weight is 244 g/mol. The second-order valence-corrected chi connectivity index (χ2v) is 4.67. The summed E-state index contributed by atoms with van der Waals surface area (Å²) in [6.07, 6.45) is 6.59. The Morgan fingerprint density at radius 1 is 1.06 bits per heavy atom. The minimum absolute atomic E-state index is 0.161. The summed E-state index contributed by atoms with van der Waals surface area (Å²) in [4.78, 5) is 7.92. The third kappa shape index (κ3) is 1.78. The molecular formula is C14H13FN2O. The monoisotopic (exact) mass is 244 g/mol. The van der Waals surface area contributed by atoms with E-state index in [0.29, 0.717) is 11.1 Å². The number of benzene rings is 1. The summed E-state index contributed by atoms with van der Waals surface area (Å²) in [6, 6.07) is 5.99. The Morgan fingerprint density at radius 2 is 1.67 bits per heavy atom. The van der Waals surface area contributed by atoms with Crippen molar-refractivity contribution in [1.82, 2.24) is 9.97 Å². The Bertz CT molecular complexity index is 539. The second-order valence-electron chi connectivity index (χ2n) is 4.67. The highest BCUT2D eigenvalue weighted by atomic mass is 19.1. The summed E-state index contributed by atoms with van der Waals surface area (Å²) >= 11 is 0. The maximum atomic E-state index is 13.0. The van der Waals surface area contributed by atoms with Gasteiger partial charge in [-0.3, -0.25) is 0 Å². The highest BCUT2D eigenvalue weighted by molar-refractivity contribution is 5.36. The molecule has 1 atom stereocenters. The van der Waals surface area contributed by atoms with Crippen LogP contribution in [0, 0.1) is 11.7 Å². The van der Waals surface area contributed by atoms with Gasteiger partial charge in [0.2, 0.25) is 0 Å². The molecule has 1 aliphatic carbocycles. The largest absolute Gasteiger partial charge is 0.380 e. The van der Waals surface area contributed by atoms with Crippen LogP contribution in [0.2, 0.25) is 0 Å². The molecule has 2 aromatic rings. The molecule has 1 saturated carbocycles. The maximum Gasteiger partial charge on any atom is 0.123 e. The van der Waals surface area contributed by atoms with E-state index in [9.17, 15) is 9.50 Å². The zero-order valence-corrected chi connectivity index (χ0v) is 9.75. The minimum atomic E-state index is -1.10. The van der Waals surface area contributed by atoms with Crippen LogP contribution in [0.3, 0.4) is 0 Å². The molecule has 3 nitrogen and oxygen atoms in total. The second kappa shape index (κ2) is 4.14. The van der Waals surface area contributed by atoms with Gasteiger partial charge in [-0.15, -0.1) is 0 Å². The van der Waals surface area contributed by atoms with E-state index in [2.05, 4.69) is 9.97 Å². The van der Waals surface area contributed by atoms with E-state index >= 15 is 0 Å². The summed E-state index contributed by atoms with van der Waals surface area (Å²) < 4.78 is 13.0. The molecule has 0 spiro atoms. The summed E-state index contributed by atoms with van der Waals surface area (Å²) in [6.45, 7) is 0. The zero-order valence-electron chi connectivity index (χ0n) is 9.75. The van der Waals surface area contributed by atoms with Crippen LogP contribution in [0.4, 0.5) is 4.39 Å². The Kier molecular flexibility index (Phi) is 2.59. The lowest BCUT2D eigenvalue weighted by atomic mass is 9.83. The Labute approximate surface area is 104 Å². The Morgan fingerprint density at radius 3 is 2.22 bits per heavy atom. The molecule has 1 aliphatic rings. The van der Waals surface area contributed by atoms with Gasteiger partial charge in [0.15, 0.2) is 0 Å². The number of hydrogen-bond donors (Lipinski definition) is 1. The van der Waals surface area contributed by atoms with Crippen LogP contribution in [0.5, 0.6) is 0 Å². The molecule has 0 saturated heterocycles. The van der Waals surface area contributed by atoms with E-state index in [-0.39, 0.29) is 11.7 Å². The molecule has 1 fully saturated rings. The normalized spacial score (nSPS) is 18.3. The van der Waals surface area contributed by atoms with Gasteiger partial charge in [0.1, 0.15) is 17.7 Å². The first-order valence-corrected chi connectivity index (χ1v) is 5.95. The highest BCUT2D eigenvalue weighted by Gasteiger charge is 2.46. The van der Waals surface area contributed by atoms with Crippen molar-refractivity contribution in [3.8, 4) is 0 Å². The quantitative estimate of drug-likeness (QED) is 0.900. The first-order chi connectivity index (χ1) is 8.71. The molecule has 0 amide bonds. The number of halogens is 1. The molecule has 1 aromatic carbocycles. The van der Waals surface area contributed by atoms with Crippen LogP contribution >= 0.6 is 0 Å². The predicted molar refractivity (Wildman–Crippen MR) is 64.2 cm³/mol. The third-order valence-corrected chi connectivity index (χ3v) is 3.45. The van der Waals surface area contributed by atoms with Crippen LogP contribution in [-0.2, 0) is 5.60 Å². The van der Waals surface area contributed by atoms with Crippen LogP contribution in [0.25, 0.3) is 0 Å². The molecular weight excluding hydrogens is 231 g/mol. The van der Waals surface area contributed by atoms with E-state index in [1.807, 2.05) is 0 Å². The smallest absolute Gasteiger partial charge is 0.123 e. The van der Waals surface area contributed by atoms with Gasteiger partial charge >= 0.3 is 0 Å². The fourth-order valence-electron chi connectivity index (χ4n) is 2.34. The molecule has 0 radical (unpaired) electrons. The first kappa shape index (κ1) is 11.3. The van der Waals surface area contributed by atoms with Crippen molar-refractivity contribution in [3.63, 3.8) is 0 Å². The van der Waals surface area contributed by atoms with Gasteiger partial charge in [-0.05, 0) is 36.5 Å². The summed E-state index contributed by atoms with van der Waals surface area (Å²) in [5.74, 6) is -0.143. The molecule has 1 N–H and O–H groups in total. The minimum Gasteiger partial charge on any atom is -0.380 e. The van der Waals surface area contributed by atoms with Crippen LogP contribution in [0.1, 0.15) is 24.0 Å². The standard InChI is InChI=1S/C14H13FN2O/c15-13-5-3-11(4-6-13)14(18,10-1-2-10)12-7-16-9-17-8-12/h3-10,18H,1-2H2/t14-/m0/s1. The number of rotatable bonds is 3. The van der Waals surface area contributed by atoms with Gasteiger partial charge in [0.25, 0.3) is 0 Å². The van der Waals surface area contributed by atoms with Crippen molar-refractivity contribution in [2.24, 2.45) is 5.92 Å². The van der Waals surface area contributed by atoms with Crippen molar-refractivity contribution in [2.45, 2.75) is 18.4 Å². The lowest BCUT2D eigenvalue weighted by Crippen LogP contribution is -2.30. The van der Waals surface area contributed by atoms with E-state index in [1.165, 1.54) is 18.5 Å².